The molecule has 56 heavy (non-hydrogen) atoms. The summed E-state index contributed by atoms with van der Waals surface area (Å²) in [6, 6.07) is 64.2. The van der Waals surface area contributed by atoms with Crippen molar-refractivity contribution in [3.63, 3.8) is 0 Å². The molecule has 0 aliphatic heterocycles. The molecule has 10 aromatic rings. The summed E-state index contributed by atoms with van der Waals surface area (Å²) in [6.45, 7) is 0. The number of benzene rings is 8. The van der Waals surface area contributed by atoms with Gasteiger partial charge in [0.25, 0.3) is 0 Å². The van der Waals surface area contributed by atoms with Crippen LogP contribution in [-0.2, 0) is 0 Å². The molecule has 0 saturated heterocycles. The van der Waals surface area contributed by atoms with E-state index in [1.54, 1.807) is 24.3 Å². The van der Waals surface area contributed by atoms with Gasteiger partial charge < -0.3 is 29.0 Å². The molecule has 271 valence electrons. The van der Waals surface area contributed by atoms with E-state index >= 15 is 0 Å². The molecule has 0 aliphatic carbocycles. The van der Waals surface area contributed by atoms with Crippen LogP contribution in [0.5, 0.6) is 17.2 Å². The molecule has 0 amide bonds. The Balaban J connectivity index is 0.000000133. The fraction of sp³-hybridized carbons (Fsp3) is 0. The fourth-order valence-corrected chi connectivity index (χ4v) is 7.38. The minimum Gasteiger partial charge on any atom is -0.537 e. The van der Waals surface area contributed by atoms with Gasteiger partial charge in [0.2, 0.25) is 0 Å². The number of aromatic hydroxyl groups is 2. The second kappa shape index (κ2) is 16.3. The topological polar surface area (TPSA) is 79.8 Å². The molecule has 2 aromatic heterocycles. The first kappa shape index (κ1) is 36.3. The Morgan fingerprint density at radius 3 is 1.18 bits per heavy atom. The molecule has 3 N–H and O–H groups in total. The normalized spacial score (nSPS) is 10.8. The molecular weight excluding hydrogens is 759 g/mol. The van der Waals surface area contributed by atoms with Gasteiger partial charge in [-0.1, -0.05) is 115 Å². The maximum absolute atomic E-state index is 10.1. The van der Waals surface area contributed by atoms with E-state index in [9.17, 15) is 5.11 Å². The summed E-state index contributed by atoms with van der Waals surface area (Å²) >= 11 is 3.15. The van der Waals surface area contributed by atoms with Crippen molar-refractivity contribution < 1.29 is 19.9 Å². The summed E-state index contributed by atoms with van der Waals surface area (Å²) < 4.78 is 10.2. The molecule has 1 radical (unpaired) electrons. The Hall–Kier alpha value is -6.74. The Bertz CT molecular complexity index is 2790. The lowest BCUT2D eigenvalue weighted by Gasteiger charge is -2.10. The number of aromatic nitrogens is 2. The van der Waals surface area contributed by atoms with Gasteiger partial charge in [0.15, 0.2) is 0 Å². The lowest BCUT2D eigenvalue weighted by Crippen LogP contribution is -2.00. The average molecular weight is 795 g/mol. The first-order chi connectivity index (χ1) is 27.5. The van der Waals surface area contributed by atoms with E-state index in [2.05, 4.69) is 146 Å². The molecule has 0 bridgehead atoms. The maximum atomic E-state index is 10.1. The Labute approximate surface area is 333 Å². The number of phenolic OH excluding ortho intramolecular Hbond substituents is 2. The van der Waals surface area contributed by atoms with Crippen LogP contribution in [0.1, 0.15) is 0 Å². The van der Waals surface area contributed by atoms with Crippen molar-refractivity contribution in [3.05, 3.63) is 199 Å². The molecule has 8 heteroatoms. The lowest BCUT2D eigenvalue weighted by molar-refractivity contribution is 0.453. The smallest absolute Gasteiger partial charge is 0.537 e. The van der Waals surface area contributed by atoms with Crippen LogP contribution in [-0.4, -0.2) is 32.1 Å². The minimum absolute atomic E-state index is 0.285. The molecule has 0 saturated carbocycles. The van der Waals surface area contributed by atoms with E-state index < -0.39 is 0 Å². The van der Waals surface area contributed by atoms with Crippen molar-refractivity contribution in [3.8, 4) is 39.8 Å². The van der Waals surface area contributed by atoms with Gasteiger partial charge in [-0.15, -0.1) is 0 Å². The maximum Gasteiger partial charge on any atom is 0.569 e. The summed E-state index contributed by atoms with van der Waals surface area (Å²) in [6.07, 6.45) is 0. The predicted molar refractivity (Wildman–Crippen MR) is 233 cm³/mol. The third kappa shape index (κ3) is 7.23. The first-order valence-electron chi connectivity index (χ1n) is 18.0. The van der Waals surface area contributed by atoms with Gasteiger partial charge in [-0.05, 0) is 100 Å². The molecule has 0 aliphatic rings. The number of fused-ring (bicyclic) bond motifs is 6. The van der Waals surface area contributed by atoms with Crippen molar-refractivity contribution in [1.29, 1.82) is 0 Å². The summed E-state index contributed by atoms with van der Waals surface area (Å²) in [7, 11) is 0.690. The number of hydrogen-bond donors (Lipinski definition) is 3. The van der Waals surface area contributed by atoms with Gasteiger partial charge in [-0.25, -0.2) is 0 Å². The zero-order valence-electron chi connectivity index (χ0n) is 30.1. The van der Waals surface area contributed by atoms with Crippen molar-refractivity contribution >= 4 is 67.2 Å². The van der Waals surface area contributed by atoms with E-state index in [0.717, 1.165) is 27.0 Å². The number of nitrogens with zero attached hydrogens (tertiary/aromatic N) is 2. The van der Waals surface area contributed by atoms with Crippen LogP contribution in [0.3, 0.4) is 0 Å². The fourth-order valence-electron chi connectivity index (χ4n) is 7.10. The highest BCUT2D eigenvalue weighted by molar-refractivity contribution is 9.10. The number of hydrogen-bond acceptors (Lipinski definition) is 4. The van der Waals surface area contributed by atoms with E-state index in [1.807, 2.05) is 48.5 Å². The van der Waals surface area contributed by atoms with Crippen LogP contribution in [0.15, 0.2) is 199 Å². The summed E-state index contributed by atoms with van der Waals surface area (Å²) in [5, 5.41) is 32.7. The Kier molecular flexibility index (Phi) is 10.6. The van der Waals surface area contributed by atoms with Crippen molar-refractivity contribution in [2.75, 3.05) is 0 Å². The second-order valence-electron chi connectivity index (χ2n) is 13.0. The van der Waals surface area contributed by atoms with Gasteiger partial charge in [-0.2, -0.15) is 0 Å². The van der Waals surface area contributed by atoms with Crippen molar-refractivity contribution in [2.45, 2.75) is 0 Å². The van der Waals surface area contributed by atoms with Crippen molar-refractivity contribution in [1.82, 2.24) is 9.13 Å². The average Bonchev–Trinajstić information content (AvgIpc) is 3.76. The van der Waals surface area contributed by atoms with Gasteiger partial charge >= 0.3 is 7.69 Å². The van der Waals surface area contributed by atoms with E-state index in [4.69, 9.17) is 14.8 Å². The molecule has 6 nitrogen and oxygen atoms in total. The Morgan fingerprint density at radius 1 is 0.411 bits per heavy atom. The van der Waals surface area contributed by atoms with Gasteiger partial charge in [0.1, 0.15) is 17.2 Å². The van der Waals surface area contributed by atoms with Crippen LogP contribution in [0.4, 0.5) is 0 Å². The van der Waals surface area contributed by atoms with Crippen LogP contribution in [0.25, 0.3) is 66.1 Å². The summed E-state index contributed by atoms with van der Waals surface area (Å²) in [5.74, 6) is 1.19. The molecule has 0 fully saturated rings. The van der Waals surface area contributed by atoms with Crippen LogP contribution >= 0.6 is 15.9 Å². The van der Waals surface area contributed by atoms with Gasteiger partial charge in [0, 0.05) is 38.5 Å². The number of rotatable bonds is 5. The minimum atomic E-state index is 0.285. The quantitative estimate of drug-likeness (QED) is 0.152. The highest BCUT2D eigenvalue weighted by Gasteiger charge is 2.13. The SMILES string of the molecule is O[B]Oc1ccc(-n2c3ccccc3c3ccccc32)cc1.Oc1ccccc1-c1ccc(-n2c3ccccc3c3ccccc32)cc1.Oc1ccccc1Br. The second-order valence-corrected chi connectivity index (χ2v) is 13.8. The van der Waals surface area contributed by atoms with E-state index in [0.29, 0.717) is 19.2 Å². The summed E-state index contributed by atoms with van der Waals surface area (Å²) in [4.78, 5) is 0. The molecule has 10 rings (SSSR count). The lowest BCUT2D eigenvalue weighted by atomic mass is 10.0. The van der Waals surface area contributed by atoms with E-state index in [1.165, 1.54) is 43.6 Å². The Morgan fingerprint density at radius 2 is 0.786 bits per heavy atom. The largest absolute Gasteiger partial charge is 0.569 e. The zero-order chi connectivity index (χ0) is 38.4. The molecular formula is C48H35BBrN2O4. The van der Waals surface area contributed by atoms with Crippen molar-refractivity contribution in [2.24, 2.45) is 0 Å². The third-order valence-electron chi connectivity index (χ3n) is 9.64. The molecule has 2 heterocycles. The highest BCUT2D eigenvalue weighted by Crippen LogP contribution is 2.35. The monoisotopic (exact) mass is 793 g/mol. The molecule has 0 atom stereocenters. The van der Waals surface area contributed by atoms with Gasteiger partial charge in [-0.3, -0.25) is 0 Å². The number of halogens is 1. The first-order valence-corrected chi connectivity index (χ1v) is 18.8. The molecule has 0 unspecified atom stereocenters. The third-order valence-corrected chi connectivity index (χ3v) is 10.3. The molecule has 8 aromatic carbocycles. The predicted octanol–water partition coefficient (Wildman–Crippen LogP) is 12.0. The van der Waals surface area contributed by atoms with Crippen LogP contribution < -0.4 is 4.65 Å². The van der Waals surface area contributed by atoms with Crippen LogP contribution in [0, 0.1) is 0 Å². The standard InChI is InChI=1S/C24H17NO.C18H13BNO2.C6H5BrO/c26-24-12-6-3-7-19(24)17-13-15-18(16-14-17)25-22-10-4-1-8-20(22)21-9-2-5-11-23(21)25;21-19-22-14-11-9-13(10-12-14)20-17-7-3-1-5-15(17)16-6-2-4-8-18(16)20;7-5-3-1-2-4-6(5)8/h1-16,26H;1-12,21H;1-4,8H. The number of para-hydroxylation sites is 6. The highest BCUT2D eigenvalue weighted by atomic mass is 79.9. The number of phenols is 2. The van der Waals surface area contributed by atoms with E-state index in [-0.39, 0.29) is 5.75 Å². The van der Waals surface area contributed by atoms with Crippen LogP contribution in [0.2, 0.25) is 0 Å². The zero-order valence-corrected chi connectivity index (χ0v) is 31.7. The molecule has 0 spiro atoms. The summed E-state index contributed by atoms with van der Waals surface area (Å²) in [5.41, 5.74) is 8.77. The van der Waals surface area contributed by atoms with Gasteiger partial charge in [0.05, 0.1) is 26.5 Å².